The maximum Gasteiger partial charge on any atom is 0.0555 e. The fraction of sp³-hybridized carbons (Fsp3) is 0. The summed E-state index contributed by atoms with van der Waals surface area (Å²) in [5.41, 5.74) is 8.58. The third kappa shape index (κ3) is 3.58. The number of hydrogen-bond acceptors (Lipinski definition) is 1. The van der Waals surface area contributed by atoms with E-state index in [9.17, 15) is 0 Å². The van der Waals surface area contributed by atoms with E-state index in [2.05, 4.69) is 154 Å². The van der Waals surface area contributed by atoms with E-state index < -0.39 is 0 Å². The van der Waals surface area contributed by atoms with Crippen LogP contribution >= 0.6 is 27.3 Å². The zero-order chi connectivity index (χ0) is 25.9. The largest absolute Gasteiger partial charge is 0.309 e. The maximum atomic E-state index is 3.58. The van der Waals surface area contributed by atoms with Gasteiger partial charge in [-0.05, 0) is 64.7 Å². The number of fused-ring (bicyclic) bond motifs is 6. The third-order valence-corrected chi connectivity index (χ3v) is 9.35. The van der Waals surface area contributed by atoms with Crippen molar-refractivity contribution in [1.29, 1.82) is 0 Å². The first-order chi connectivity index (χ1) is 19.3. The zero-order valence-electron chi connectivity index (χ0n) is 20.9. The molecule has 1 nitrogen and oxygen atoms in total. The van der Waals surface area contributed by atoms with Crippen LogP contribution in [0.5, 0.6) is 0 Å². The molecule has 8 aromatic rings. The minimum atomic E-state index is 1.09. The average molecular weight is 581 g/mol. The van der Waals surface area contributed by atoms with E-state index in [1.807, 2.05) is 11.3 Å². The number of rotatable bonds is 3. The number of benzene rings is 6. The van der Waals surface area contributed by atoms with Gasteiger partial charge in [-0.1, -0.05) is 107 Å². The molecule has 0 unspecified atom stereocenters. The van der Waals surface area contributed by atoms with Gasteiger partial charge in [0.1, 0.15) is 0 Å². The molecular formula is C36H22BrNS. The van der Waals surface area contributed by atoms with Gasteiger partial charge in [-0.15, -0.1) is 11.3 Å². The predicted molar refractivity (Wildman–Crippen MR) is 172 cm³/mol. The second-order valence-corrected chi connectivity index (χ2v) is 11.9. The van der Waals surface area contributed by atoms with Crippen LogP contribution in [-0.2, 0) is 0 Å². The van der Waals surface area contributed by atoms with Crippen LogP contribution in [0.2, 0.25) is 0 Å². The number of para-hydroxylation sites is 1. The van der Waals surface area contributed by atoms with Gasteiger partial charge in [0.25, 0.3) is 0 Å². The Hall–Kier alpha value is -4.18. The Bertz CT molecular complexity index is 2180. The molecule has 0 fully saturated rings. The number of aromatic nitrogens is 1. The summed E-state index contributed by atoms with van der Waals surface area (Å²) in [6.07, 6.45) is 0. The Balaban J connectivity index is 1.44. The minimum Gasteiger partial charge on any atom is -0.309 e. The minimum absolute atomic E-state index is 1.09. The van der Waals surface area contributed by atoms with E-state index in [0.29, 0.717) is 0 Å². The molecule has 184 valence electrons. The Morgan fingerprint density at radius 2 is 1.13 bits per heavy atom. The lowest BCUT2D eigenvalue weighted by molar-refractivity contribution is 1.20. The summed E-state index contributed by atoms with van der Waals surface area (Å²) >= 11 is 5.45. The van der Waals surface area contributed by atoms with Crippen molar-refractivity contribution in [3.8, 4) is 27.9 Å². The van der Waals surface area contributed by atoms with E-state index in [1.165, 1.54) is 69.9 Å². The SMILES string of the molecule is Brc1ccc(-c2ccccc2-c2ccc3c4ccccc4n(-c4cccc5sc6ccccc6c45)c3c2)cc1. The molecule has 0 spiro atoms. The summed E-state index contributed by atoms with van der Waals surface area (Å²) in [4.78, 5) is 0. The van der Waals surface area contributed by atoms with Gasteiger partial charge < -0.3 is 4.57 Å². The van der Waals surface area contributed by atoms with Crippen molar-refractivity contribution in [2.24, 2.45) is 0 Å². The Kier molecular flexibility index (Phi) is 5.22. The lowest BCUT2D eigenvalue weighted by Crippen LogP contribution is -1.95. The molecule has 39 heavy (non-hydrogen) atoms. The molecule has 0 N–H and O–H groups in total. The van der Waals surface area contributed by atoms with Crippen LogP contribution in [0, 0.1) is 0 Å². The second-order valence-electron chi connectivity index (χ2n) is 9.89. The number of thiophene rings is 1. The van der Waals surface area contributed by atoms with E-state index in [1.54, 1.807) is 0 Å². The van der Waals surface area contributed by atoms with Crippen molar-refractivity contribution in [1.82, 2.24) is 4.57 Å². The van der Waals surface area contributed by atoms with Gasteiger partial charge >= 0.3 is 0 Å². The lowest BCUT2D eigenvalue weighted by atomic mass is 9.94. The van der Waals surface area contributed by atoms with Gasteiger partial charge in [0.2, 0.25) is 0 Å². The molecule has 8 rings (SSSR count). The van der Waals surface area contributed by atoms with Gasteiger partial charge in [-0.25, -0.2) is 0 Å². The van der Waals surface area contributed by atoms with Gasteiger partial charge in [-0.2, -0.15) is 0 Å². The van der Waals surface area contributed by atoms with Crippen LogP contribution in [0.4, 0.5) is 0 Å². The Morgan fingerprint density at radius 3 is 1.97 bits per heavy atom. The van der Waals surface area contributed by atoms with Crippen LogP contribution < -0.4 is 0 Å². The smallest absolute Gasteiger partial charge is 0.0555 e. The normalized spacial score (nSPS) is 11.7. The fourth-order valence-electron chi connectivity index (χ4n) is 5.96. The molecule has 0 atom stereocenters. The molecule has 0 amide bonds. The van der Waals surface area contributed by atoms with Crippen LogP contribution in [0.1, 0.15) is 0 Å². The summed E-state index contributed by atoms with van der Waals surface area (Å²) in [6.45, 7) is 0. The highest BCUT2D eigenvalue weighted by molar-refractivity contribution is 9.10. The number of halogens is 1. The summed E-state index contributed by atoms with van der Waals surface area (Å²) in [5, 5.41) is 5.18. The van der Waals surface area contributed by atoms with E-state index in [0.717, 1.165) is 4.47 Å². The van der Waals surface area contributed by atoms with Crippen LogP contribution in [-0.4, -0.2) is 4.57 Å². The molecule has 3 heteroatoms. The summed E-state index contributed by atoms with van der Waals surface area (Å²) < 4.78 is 6.20. The van der Waals surface area contributed by atoms with Crippen molar-refractivity contribution in [2.75, 3.05) is 0 Å². The van der Waals surface area contributed by atoms with Gasteiger partial charge in [0.05, 0.1) is 16.7 Å². The first-order valence-corrected chi connectivity index (χ1v) is 14.7. The van der Waals surface area contributed by atoms with Crippen LogP contribution in [0.15, 0.2) is 138 Å². The second kappa shape index (κ2) is 8.94. The van der Waals surface area contributed by atoms with Gasteiger partial charge in [0.15, 0.2) is 0 Å². The molecule has 2 heterocycles. The topological polar surface area (TPSA) is 4.93 Å². The quantitative estimate of drug-likeness (QED) is 0.196. The maximum absolute atomic E-state index is 3.58. The highest BCUT2D eigenvalue weighted by Crippen LogP contribution is 2.42. The monoisotopic (exact) mass is 579 g/mol. The van der Waals surface area contributed by atoms with Crippen molar-refractivity contribution >= 4 is 69.2 Å². The number of hydrogen-bond donors (Lipinski definition) is 0. The van der Waals surface area contributed by atoms with Crippen molar-refractivity contribution in [2.45, 2.75) is 0 Å². The van der Waals surface area contributed by atoms with E-state index >= 15 is 0 Å². The Morgan fingerprint density at radius 1 is 0.487 bits per heavy atom. The molecule has 0 saturated heterocycles. The summed E-state index contributed by atoms with van der Waals surface area (Å²) in [7, 11) is 0. The zero-order valence-corrected chi connectivity index (χ0v) is 23.3. The lowest BCUT2D eigenvalue weighted by Gasteiger charge is -2.13. The highest BCUT2D eigenvalue weighted by atomic mass is 79.9. The van der Waals surface area contributed by atoms with Crippen molar-refractivity contribution < 1.29 is 0 Å². The fourth-order valence-corrected chi connectivity index (χ4v) is 7.35. The molecule has 6 aromatic carbocycles. The Labute approximate surface area is 238 Å². The van der Waals surface area contributed by atoms with E-state index in [-0.39, 0.29) is 0 Å². The average Bonchev–Trinajstić information content (AvgIpc) is 3.53. The highest BCUT2D eigenvalue weighted by Gasteiger charge is 2.18. The third-order valence-electron chi connectivity index (χ3n) is 7.69. The van der Waals surface area contributed by atoms with Crippen LogP contribution in [0.25, 0.3) is 69.9 Å². The standard InChI is InChI=1S/C36H22BrNS/c37-25-19-16-23(17-20-25)26-8-1-2-9-27(26)24-18-21-29-28-10-3-5-12-31(28)38(33(29)22-24)32-13-7-15-35-36(32)30-11-4-6-14-34(30)39-35/h1-22H. The summed E-state index contributed by atoms with van der Waals surface area (Å²) in [6, 6.07) is 48.5. The number of nitrogens with zero attached hydrogens (tertiary/aromatic N) is 1. The van der Waals surface area contributed by atoms with Crippen molar-refractivity contribution in [3.05, 3.63) is 138 Å². The van der Waals surface area contributed by atoms with Gasteiger partial charge in [0, 0.05) is 35.4 Å². The first kappa shape index (κ1) is 22.8. The van der Waals surface area contributed by atoms with Crippen LogP contribution in [0.3, 0.4) is 0 Å². The molecule has 0 saturated carbocycles. The predicted octanol–water partition coefficient (Wildman–Crippen LogP) is 11.2. The molecule has 0 bridgehead atoms. The molecule has 2 aromatic heterocycles. The molecule has 0 radical (unpaired) electrons. The molecular weight excluding hydrogens is 558 g/mol. The first-order valence-electron chi connectivity index (χ1n) is 13.1. The van der Waals surface area contributed by atoms with Gasteiger partial charge in [-0.3, -0.25) is 0 Å². The molecule has 0 aliphatic heterocycles. The van der Waals surface area contributed by atoms with Crippen molar-refractivity contribution in [3.63, 3.8) is 0 Å². The molecule has 0 aliphatic rings. The van der Waals surface area contributed by atoms with E-state index in [4.69, 9.17) is 0 Å². The molecule has 0 aliphatic carbocycles. The summed E-state index contributed by atoms with van der Waals surface area (Å²) in [5.74, 6) is 0.